The van der Waals surface area contributed by atoms with Crippen molar-refractivity contribution in [3.8, 4) is 0 Å². The van der Waals surface area contributed by atoms with Crippen molar-refractivity contribution in [2.45, 2.75) is 35.3 Å². The predicted octanol–water partition coefficient (Wildman–Crippen LogP) is 1.49. The monoisotopic (exact) mass is 452 g/mol. The molecule has 4 rings (SSSR count). The van der Waals surface area contributed by atoms with E-state index < -0.39 is 24.5 Å². The minimum absolute atomic E-state index is 0.385. The summed E-state index contributed by atoms with van der Waals surface area (Å²) in [7, 11) is 0. The fourth-order valence-electron chi connectivity index (χ4n) is 3.01. The third-order valence-corrected chi connectivity index (χ3v) is 5.92. The van der Waals surface area contributed by atoms with Crippen LogP contribution in [0.5, 0.6) is 0 Å². The van der Waals surface area contributed by atoms with Gasteiger partial charge < -0.3 is 20.1 Å². The molecule has 3 aromatic rings. The summed E-state index contributed by atoms with van der Waals surface area (Å²) in [6.07, 6.45) is -1.15. The average molecular weight is 453 g/mol. The van der Waals surface area contributed by atoms with Gasteiger partial charge in [-0.1, -0.05) is 39.8 Å². The van der Waals surface area contributed by atoms with Gasteiger partial charge >= 0.3 is 0 Å². The molecule has 8 nitrogen and oxygen atoms in total. The van der Waals surface area contributed by atoms with Crippen molar-refractivity contribution < 1.29 is 20.1 Å². The molecule has 27 heavy (non-hydrogen) atoms. The van der Waals surface area contributed by atoms with Gasteiger partial charge in [0.2, 0.25) is 0 Å². The van der Waals surface area contributed by atoms with E-state index in [1.165, 1.54) is 24.4 Å². The van der Waals surface area contributed by atoms with Gasteiger partial charge in [-0.3, -0.25) is 4.57 Å². The normalized spacial score (nSPS) is 25.3. The van der Waals surface area contributed by atoms with Gasteiger partial charge in [0, 0.05) is 10.2 Å². The lowest BCUT2D eigenvalue weighted by Gasteiger charge is -2.16. The highest BCUT2D eigenvalue weighted by Gasteiger charge is 2.44. The lowest BCUT2D eigenvalue weighted by Crippen LogP contribution is -2.33. The molecule has 4 unspecified atom stereocenters. The molecule has 10 heteroatoms. The van der Waals surface area contributed by atoms with E-state index in [1.807, 2.05) is 24.3 Å². The Balaban J connectivity index is 1.60. The zero-order valence-electron chi connectivity index (χ0n) is 14.0. The van der Waals surface area contributed by atoms with Crippen molar-refractivity contribution in [1.82, 2.24) is 19.5 Å². The molecular weight excluding hydrogens is 436 g/mol. The molecule has 0 amide bonds. The second-order valence-corrected chi connectivity index (χ2v) is 8.03. The number of aliphatic hydroxyl groups is 3. The second kappa shape index (κ2) is 7.82. The number of benzene rings is 1. The van der Waals surface area contributed by atoms with Crippen LogP contribution < -0.4 is 0 Å². The number of ether oxygens (including phenoxy) is 1. The van der Waals surface area contributed by atoms with Gasteiger partial charge in [0.15, 0.2) is 11.9 Å². The smallest absolute Gasteiger partial charge is 0.166 e. The van der Waals surface area contributed by atoms with Crippen molar-refractivity contribution in [1.29, 1.82) is 0 Å². The lowest BCUT2D eigenvalue weighted by molar-refractivity contribution is -0.0511. The standard InChI is InChI=1S/C17H17BrN4O4S/c18-10-3-1-2-9(4-10)6-27-16-12-15(19-7-20-16)22(8-21-12)17-14(25)13(24)11(5-23)26-17/h1-4,7-8,11,13-14,17,23-25H,5-6H2. The summed E-state index contributed by atoms with van der Waals surface area (Å²) in [5.74, 6) is 0.715. The number of rotatable bonds is 5. The van der Waals surface area contributed by atoms with Gasteiger partial charge in [0.1, 0.15) is 35.2 Å². The molecule has 0 bridgehead atoms. The van der Waals surface area contributed by atoms with Crippen LogP contribution in [0.1, 0.15) is 11.8 Å². The Morgan fingerprint density at radius 3 is 2.78 bits per heavy atom. The molecule has 0 spiro atoms. The molecule has 142 valence electrons. The molecule has 0 radical (unpaired) electrons. The van der Waals surface area contributed by atoms with Crippen molar-refractivity contribution in [3.05, 3.63) is 47.0 Å². The van der Waals surface area contributed by atoms with E-state index in [9.17, 15) is 15.3 Å². The number of imidazole rings is 1. The molecule has 3 heterocycles. The van der Waals surface area contributed by atoms with Crippen molar-refractivity contribution in [3.63, 3.8) is 0 Å². The van der Waals surface area contributed by atoms with Crippen LogP contribution in [-0.4, -0.2) is 59.8 Å². The molecule has 1 aromatic carbocycles. The maximum absolute atomic E-state index is 10.2. The van der Waals surface area contributed by atoms with E-state index in [0.29, 0.717) is 21.9 Å². The maximum Gasteiger partial charge on any atom is 0.166 e. The molecule has 1 aliphatic rings. The van der Waals surface area contributed by atoms with E-state index in [-0.39, 0.29) is 6.61 Å². The minimum atomic E-state index is -1.19. The van der Waals surface area contributed by atoms with E-state index in [1.54, 1.807) is 4.57 Å². The van der Waals surface area contributed by atoms with E-state index >= 15 is 0 Å². The number of nitrogens with zero attached hydrogens (tertiary/aromatic N) is 4. The van der Waals surface area contributed by atoms with Crippen LogP contribution in [0, 0.1) is 0 Å². The Kier molecular flexibility index (Phi) is 5.44. The van der Waals surface area contributed by atoms with Crippen molar-refractivity contribution >= 4 is 38.9 Å². The van der Waals surface area contributed by atoms with Gasteiger partial charge in [-0.15, -0.1) is 0 Å². The number of hydrogen-bond acceptors (Lipinski definition) is 8. The average Bonchev–Trinajstić information content (AvgIpc) is 3.22. The number of thioether (sulfide) groups is 1. The summed E-state index contributed by atoms with van der Waals surface area (Å²) in [6.45, 7) is -0.385. The predicted molar refractivity (Wildman–Crippen MR) is 102 cm³/mol. The van der Waals surface area contributed by atoms with E-state index in [4.69, 9.17) is 4.74 Å². The Morgan fingerprint density at radius 1 is 1.19 bits per heavy atom. The zero-order chi connectivity index (χ0) is 19.0. The second-order valence-electron chi connectivity index (χ2n) is 6.15. The molecule has 0 aliphatic carbocycles. The number of fused-ring (bicyclic) bond motifs is 1. The quantitative estimate of drug-likeness (QED) is 0.394. The van der Waals surface area contributed by atoms with Crippen LogP contribution in [0.3, 0.4) is 0 Å². The summed E-state index contributed by atoms with van der Waals surface area (Å²) in [5.41, 5.74) is 2.23. The maximum atomic E-state index is 10.2. The van der Waals surface area contributed by atoms with E-state index in [0.717, 1.165) is 10.0 Å². The topological polar surface area (TPSA) is 114 Å². The van der Waals surface area contributed by atoms with Crippen molar-refractivity contribution in [2.75, 3.05) is 6.61 Å². The van der Waals surface area contributed by atoms with Gasteiger partial charge in [-0.2, -0.15) is 0 Å². The number of aliphatic hydroxyl groups excluding tert-OH is 3. The molecular formula is C17H17BrN4O4S. The molecule has 1 saturated heterocycles. The number of halogens is 1. The zero-order valence-corrected chi connectivity index (χ0v) is 16.4. The fraction of sp³-hybridized carbons (Fsp3) is 0.353. The SMILES string of the molecule is OCC1OC(n2cnc3c(SCc4cccc(Br)c4)ncnc32)C(O)C1O. The summed E-state index contributed by atoms with van der Waals surface area (Å²) in [6, 6.07) is 8.03. The first-order chi connectivity index (χ1) is 13.1. The first kappa shape index (κ1) is 18.8. The van der Waals surface area contributed by atoms with Crippen LogP contribution in [0.25, 0.3) is 11.2 Å². The number of aromatic nitrogens is 4. The van der Waals surface area contributed by atoms with Gasteiger partial charge in [-0.25, -0.2) is 15.0 Å². The van der Waals surface area contributed by atoms with E-state index in [2.05, 4.69) is 30.9 Å². The molecule has 0 saturated carbocycles. The molecule has 2 aromatic heterocycles. The largest absolute Gasteiger partial charge is 0.394 e. The fourth-order valence-corrected chi connectivity index (χ4v) is 4.34. The summed E-state index contributed by atoms with van der Waals surface area (Å²) in [4.78, 5) is 13.0. The van der Waals surface area contributed by atoms with Crippen LogP contribution in [0.2, 0.25) is 0 Å². The third-order valence-electron chi connectivity index (χ3n) is 4.38. The lowest BCUT2D eigenvalue weighted by atomic mass is 10.1. The van der Waals surface area contributed by atoms with Gasteiger partial charge in [0.25, 0.3) is 0 Å². The summed E-state index contributed by atoms with van der Waals surface area (Å²) in [5, 5.41) is 30.2. The molecule has 4 atom stereocenters. The van der Waals surface area contributed by atoms with Crippen LogP contribution in [0.4, 0.5) is 0 Å². The Labute approximate surface area is 167 Å². The highest BCUT2D eigenvalue weighted by atomic mass is 79.9. The highest BCUT2D eigenvalue weighted by molar-refractivity contribution is 9.10. The van der Waals surface area contributed by atoms with Crippen LogP contribution >= 0.6 is 27.7 Å². The minimum Gasteiger partial charge on any atom is -0.394 e. The van der Waals surface area contributed by atoms with Gasteiger partial charge in [0.05, 0.1) is 12.9 Å². The van der Waals surface area contributed by atoms with Crippen LogP contribution in [-0.2, 0) is 10.5 Å². The van der Waals surface area contributed by atoms with Gasteiger partial charge in [-0.05, 0) is 17.7 Å². The van der Waals surface area contributed by atoms with Crippen LogP contribution in [0.15, 0.2) is 46.4 Å². The van der Waals surface area contributed by atoms with Crippen molar-refractivity contribution in [2.24, 2.45) is 0 Å². The Bertz CT molecular complexity index is 956. The molecule has 1 aliphatic heterocycles. The first-order valence-corrected chi connectivity index (χ1v) is 10.0. The number of hydrogen-bond donors (Lipinski definition) is 3. The summed E-state index contributed by atoms with van der Waals surface area (Å²) >= 11 is 5.00. The first-order valence-electron chi connectivity index (χ1n) is 8.25. The Hall–Kier alpha value is -1.56. The summed E-state index contributed by atoms with van der Waals surface area (Å²) < 4.78 is 8.15. The third kappa shape index (κ3) is 3.60. The highest BCUT2D eigenvalue weighted by Crippen LogP contribution is 2.33. The molecule has 3 N–H and O–H groups in total. The Morgan fingerprint density at radius 2 is 2.04 bits per heavy atom. The molecule has 1 fully saturated rings.